The molecule has 5 rings (SSSR count). The Morgan fingerprint density at radius 1 is 1.29 bits per heavy atom. The molecule has 8 nitrogen and oxygen atoms in total. The largest absolute Gasteiger partial charge is 0.387 e. The topological polar surface area (TPSA) is 90.8 Å². The number of carbonyl (C=O) groups is 1. The van der Waals surface area contributed by atoms with Crippen LogP contribution in [0.4, 0.5) is 5.82 Å². The van der Waals surface area contributed by atoms with Crippen molar-refractivity contribution in [1.82, 2.24) is 20.2 Å². The number of carbonyl (C=O) groups excluding carboxylic acids is 1. The average molecular weight is 508 g/mol. The summed E-state index contributed by atoms with van der Waals surface area (Å²) in [4.78, 5) is 27.8. The normalized spacial score (nSPS) is 29.3. The van der Waals surface area contributed by atoms with Crippen molar-refractivity contribution in [1.29, 1.82) is 0 Å². The summed E-state index contributed by atoms with van der Waals surface area (Å²) in [5.41, 5.74) is 1.81. The summed E-state index contributed by atoms with van der Waals surface area (Å²) in [6.45, 7) is 6.98. The molecule has 1 amide bonds. The minimum atomic E-state index is -0.918. The maximum absolute atomic E-state index is 13.7. The maximum atomic E-state index is 13.7. The predicted octanol–water partition coefficient (Wildman–Crippen LogP) is 2.62. The van der Waals surface area contributed by atoms with Crippen LogP contribution in [0.2, 0.25) is 0 Å². The summed E-state index contributed by atoms with van der Waals surface area (Å²) < 4.78 is 5.47. The van der Waals surface area contributed by atoms with Crippen molar-refractivity contribution in [3.05, 3.63) is 40.0 Å². The number of nitrogens with one attached hydrogen (secondary N) is 1. The van der Waals surface area contributed by atoms with Crippen molar-refractivity contribution in [2.24, 2.45) is 5.92 Å². The number of aromatic nitrogens is 2. The van der Waals surface area contributed by atoms with E-state index in [1.165, 1.54) is 0 Å². The van der Waals surface area contributed by atoms with Crippen LogP contribution in [0.15, 0.2) is 28.8 Å². The summed E-state index contributed by atoms with van der Waals surface area (Å²) >= 11 is 0. The zero-order chi connectivity index (χ0) is 23.7. The van der Waals surface area contributed by atoms with E-state index >= 15 is 0 Å². The summed E-state index contributed by atoms with van der Waals surface area (Å²) in [5.74, 6) is 1.04. The van der Waals surface area contributed by atoms with E-state index in [1.54, 1.807) is 6.33 Å². The van der Waals surface area contributed by atoms with E-state index in [9.17, 15) is 9.90 Å². The van der Waals surface area contributed by atoms with E-state index in [4.69, 9.17) is 15.4 Å². The van der Waals surface area contributed by atoms with Gasteiger partial charge in [-0.15, -0.1) is 10.1 Å². The second-order valence-electron chi connectivity index (χ2n) is 9.55. The van der Waals surface area contributed by atoms with Gasteiger partial charge in [0, 0.05) is 57.5 Å². The first-order valence-corrected chi connectivity index (χ1v) is 14.6. The molecule has 186 valence electrons. The molecule has 0 radical (unpaired) electrons. The number of aliphatic hydroxyl groups excluding tert-OH is 1. The van der Waals surface area contributed by atoms with Gasteiger partial charge in [0.15, 0.2) is 0 Å². The molecule has 0 aromatic carbocycles. The maximum Gasteiger partial charge on any atom is 0.232 e. The number of amides is 1. The van der Waals surface area contributed by atoms with Crippen LogP contribution in [0.25, 0.3) is 0 Å². The van der Waals surface area contributed by atoms with Gasteiger partial charge in [-0.2, -0.15) is 0 Å². The second-order valence-corrected chi connectivity index (χ2v) is 12.1. The van der Waals surface area contributed by atoms with Crippen molar-refractivity contribution in [3.8, 4) is 0 Å². The second kappa shape index (κ2) is 10.5. The Bertz CT molecular complexity index is 962. The van der Waals surface area contributed by atoms with Gasteiger partial charge in [-0.05, 0) is 35.5 Å². The summed E-state index contributed by atoms with van der Waals surface area (Å²) in [6.07, 6.45) is 7.68. The molecule has 1 aromatic heterocycles. The van der Waals surface area contributed by atoms with Gasteiger partial charge in [-0.1, -0.05) is 29.8 Å². The standard InChI is InChI=1S/C24H34ClN5O3S/c1-16-13-19(31)22-21(16)23(28-15-27-22)29-6-8-30(9-7-29)24(32)18(20-3-2-12-34(20)25)14-26-17-4-10-33-11-5-17/h2-3,12,15-19,26,31,34H,4-11,13-14H2,1H3/t16-,18-,19-/m1/s1. The number of anilines is 1. The molecule has 1 aromatic rings. The van der Waals surface area contributed by atoms with Gasteiger partial charge in [-0.3, -0.25) is 4.79 Å². The van der Waals surface area contributed by atoms with E-state index in [0.717, 1.165) is 48.0 Å². The SMILES string of the molecule is C[C@@H]1C[C@@H](O)c2ncnc(N3CCN(C(=O)[C@H](CNC4CCOCC4)C4=CC=C[SH]4Cl)CC3)c21. The molecule has 2 fully saturated rings. The zero-order valence-electron chi connectivity index (χ0n) is 19.6. The molecular weight excluding hydrogens is 474 g/mol. The smallest absolute Gasteiger partial charge is 0.232 e. The number of rotatable bonds is 6. The molecule has 4 heterocycles. The number of thiol groups is 1. The van der Waals surface area contributed by atoms with Gasteiger partial charge < -0.3 is 25.0 Å². The number of ether oxygens (including phenoxy) is 1. The van der Waals surface area contributed by atoms with Gasteiger partial charge in [0.2, 0.25) is 5.91 Å². The van der Waals surface area contributed by atoms with Crippen molar-refractivity contribution in [3.63, 3.8) is 0 Å². The minimum absolute atomic E-state index is 0.152. The van der Waals surface area contributed by atoms with Gasteiger partial charge in [0.1, 0.15) is 12.1 Å². The number of halogens is 1. The average Bonchev–Trinajstić information content (AvgIpc) is 3.42. The van der Waals surface area contributed by atoms with Crippen molar-refractivity contribution < 1.29 is 14.6 Å². The third-order valence-electron chi connectivity index (χ3n) is 7.39. The molecule has 0 bridgehead atoms. The molecule has 4 atom stereocenters. The number of aliphatic hydroxyl groups is 1. The molecule has 34 heavy (non-hydrogen) atoms. The lowest BCUT2D eigenvalue weighted by molar-refractivity contribution is -0.134. The van der Waals surface area contributed by atoms with Crippen LogP contribution in [0.1, 0.15) is 49.5 Å². The Hall–Kier alpha value is -1.65. The highest BCUT2D eigenvalue weighted by Crippen LogP contribution is 2.49. The molecule has 10 heteroatoms. The number of nitrogens with zero attached hydrogens (tertiary/aromatic N) is 4. The first-order valence-electron chi connectivity index (χ1n) is 12.2. The Kier molecular flexibility index (Phi) is 7.46. The molecule has 3 aliphatic heterocycles. The molecule has 2 N–H and O–H groups in total. The Labute approximate surface area is 208 Å². The lowest BCUT2D eigenvalue weighted by Crippen LogP contribution is -2.52. The van der Waals surface area contributed by atoms with Crippen LogP contribution in [0, 0.1) is 5.92 Å². The minimum Gasteiger partial charge on any atom is -0.387 e. The first kappa shape index (κ1) is 24.1. The van der Waals surface area contributed by atoms with Gasteiger partial charge in [0.25, 0.3) is 0 Å². The fourth-order valence-electron chi connectivity index (χ4n) is 5.46. The molecule has 0 spiro atoms. The van der Waals surface area contributed by atoms with Crippen molar-refractivity contribution >= 4 is 32.5 Å². The summed E-state index contributed by atoms with van der Waals surface area (Å²) in [7, 11) is 5.69. The van der Waals surface area contributed by atoms with Crippen LogP contribution in [0.5, 0.6) is 0 Å². The van der Waals surface area contributed by atoms with E-state index in [2.05, 4.69) is 27.1 Å². The summed E-state index contributed by atoms with van der Waals surface area (Å²) in [5, 5.41) is 15.9. The lowest BCUT2D eigenvalue weighted by Gasteiger charge is -2.38. The monoisotopic (exact) mass is 507 g/mol. The number of allylic oxidation sites excluding steroid dienone is 2. The van der Waals surface area contributed by atoms with E-state index in [-0.39, 0.29) is 17.7 Å². The first-order chi connectivity index (χ1) is 16.5. The summed E-state index contributed by atoms with van der Waals surface area (Å²) in [6, 6.07) is 0.384. The molecule has 0 saturated carbocycles. The Morgan fingerprint density at radius 2 is 2.06 bits per heavy atom. The number of piperazine rings is 1. The van der Waals surface area contributed by atoms with Crippen LogP contribution >= 0.6 is 20.8 Å². The Morgan fingerprint density at radius 3 is 2.76 bits per heavy atom. The third-order valence-corrected chi connectivity index (χ3v) is 9.70. The zero-order valence-corrected chi connectivity index (χ0v) is 21.2. The molecule has 2 saturated heterocycles. The Balaban J connectivity index is 1.25. The molecular formula is C24H34ClN5O3S. The van der Waals surface area contributed by atoms with Gasteiger partial charge in [0.05, 0.1) is 17.7 Å². The van der Waals surface area contributed by atoms with Gasteiger partial charge >= 0.3 is 0 Å². The van der Waals surface area contributed by atoms with E-state index in [1.807, 2.05) is 22.5 Å². The van der Waals surface area contributed by atoms with Crippen LogP contribution in [-0.2, 0) is 9.53 Å². The molecule has 4 aliphatic rings. The quantitative estimate of drug-likeness (QED) is 0.510. The molecule has 1 aliphatic carbocycles. The predicted molar refractivity (Wildman–Crippen MR) is 136 cm³/mol. The molecule has 1 unspecified atom stereocenters. The number of fused-ring (bicyclic) bond motifs is 1. The van der Waals surface area contributed by atoms with Crippen molar-refractivity contribution in [2.45, 2.75) is 44.2 Å². The fraction of sp³-hybridized carbons (Fsp3) is 0.625. The highest BCUT2D eigenvalue weighted by Gasteiger charge is 2.36. The highest BCUT2D eigenvalue weighted by atomic mass is 35.7. The third kappa shape index (κ3) is 4.86. The number of hydrogen-bond acceptors (Lipinski definition) is 7. The van der Waals surface area contributed by atoms with Crippen molar-refractivity contribution in [2.75, 3.05) is 50.8 Å². The van der Waals surface area contributed by atoms with Gasteiger partial charge in [-0.25, -0.2) is 9.97 Å². The fourth-order valence-corrected chi connectivity index (χ4v) is 7.31. The van der Waals surface area contributed by atoms with E-state index in [0.29, 0.717) is 45.2 Å². The van der Waals surface area contributed by atoms with Crippen LogP contribution < -0.4 is 10.2 Å². The lowest BCUT2D eigenvalue weighted by atomic mass is 10.0. The van der Waals surface area contributed by atoms with E-state index < -0.39 is 16.2 Å². The number of hydrogen-bond donors (Lipinski definition) is 3. The van der Waals surface area contributed by atoms with Crippen LogP contribution in [0.3, 0.4) is 0 Å². The van der Waals surface area contributed by atoms with Crippen LogP contribution in [-0.4, -0.2) is 77.9 Å². The highest BCUT2D eigenvalue weighted by molar-refractivity contribution is 8.41.